The number of rotatable bonds is 5. The lowest BCUT2D eigenvalue weighted by molar-refractivity contribution is 0.196. The topological polar surface area (TPSA) is 84.2 Å². The summed E-state index contributed by atoms with van der Waals surface area (Å²) < 4.78 is 28.7. The lowest BCUT2D eigenvalue weighted by atomic mass is 9.94. The SMILES string of the molecule is Cn1ncc(Cl)c1S(=O)(=O)NC(C)(CO)c1ccccc1. The van der Waals surface area contributed by atoms with Crippen LogP contribution >= 0.6 is 11.6 Å². The van der Waals surface area contributed by atoms with Gasteiger partial charge in [0.05, 0.1) is 23.4 Å². The fourth-order valence-electron chi connectivity index (χ4n) is 2.04. The minimum absolute atomic E-state index is 0.0263. The van der Waals surface area contributed by atoms with E-state index in [0.29, 0.717) is 5.56 Å². The Morgan fingerprint density at radius 1 is 1.38 bits per heavy atom. The van der Waals surface area contributed by atoms with Gasteiger partial charge in [0.15, 0.2) is 5.03 Å². The molecule has 0 radical (unpaired) electrons. The molecule has 0 aliphatic heterocycles. The maximum absolute atomic E-state index is 12.5. The van der Waals surface area contributed by atoms with Crippen molar-refractivity contribution >= 4 is 21.6 Å². The van der Waals surface area contributed by atoms with Crippen LogP contribution in [0.1, 0.15) is 12.5 Å². The van der Waals surface area contributed by atoms with Gasteiger partial charge in [-0.1, -0.05) is 41.9 Å². The highest BCUT2D eigenvalue weighted by molar-refractivity contribution is 7.89. The third-order valence-corrected chi connectivity index (χ3v) is 5.28. The molecule has 114 valence electrons. The third kappa shape index (κ3) is 3.11. The quantitative estimate of drug-likeness (QED) is 0.865. The van der Waals surface area contributed by atoms with Crippen LogP contribution in [0.5, 0.6) is 0 Å². The molecule has 0 bridgehead atoms. The summed E-state index contributed by atoms with van der Waals surface area (Å²) in [6, 6.07) is 8.84. The predicted octanol–water partition coefficient (Wildman–Crippen LogP) is 1.26. The standard InChI is InChI=1S/C13H16ClN3O3S/c1-13(9-18,10-6-4-3-5-7-10)16-21(19,20)12-11(14)8-15-17(12)2/h3-8,16,18H,9H2,1-2H3. The Labute approximate surface area is 128 Å². The zero-order chi connectivity index (χ0) is 15.7. The number of aliphatic hydroxyl groups is 1. The van der Waals surface area contributed by atoms with Gasteiger partial charge in [-0.2, -0.15) is 9.82 Å². The molecule has 2 aromatic rings. The Morgan fingerprint density at radius 2 is 2.00 bits per heavy atom. The highest BCUT2D eigenvalue weighted by atomic mass is 35.5. The summed E-state index contributed by atoms with van der Waals surface area (Å²) in [5.41, 5.74) is -0.511. The number of benzene rings is 1. The molecular weight excluding hydrogens is 314 g/mol. The highest BCUT2D eigenvalue weighted by Gasteiger charge is 2.34. The molecular formula is C13H16ClN3O3S. The first-order valence-corrected chi connectivity index (χ1v) is 8.04. The molecule has 6 nitrogen and oxygen atoms in total. The molecule has 1 atom stereocenters. The van der Waals surface area contributed by atoms with Gasteiger partial charge in [-0.15, -0.1) is 0 Å². The number of aliphatic hydroxyl groups excluding tert-OH is 1. The minimum atomic E-state index is -3.94. The fraction of sp³-hybridized carbons (Fsp3) is 0.308. The summed E-state index contributed by atoms with van der Waals surface area (Å²) >= 11 is 5.88. The number of nitrogens with zero attached hydrogens (tertiary/aromatic N) is 2. The summed E-state index contributed by atoms with van der Waals surface area (Å²) in [5, 5.41) is 13.4. The van der Waals surface area contributed by atoms with E-state index < -0.39 is 22.2 Å². The molecule has 0 saturated carbocycles. The number of hydrogen-bond donors (Lipinski definition) is 2. The highest BCUT2D eigenvalue weighted by Crippen LogP contribution is 2.26. The van der Waals surface area contributed by atoms with E-state index in [0.717, 1.165) is 0 Å². The van der Waals surface area contributed by atoms with Gasteiger partial charge in [0.25, 0.3) is 10.0 Å². The molecule has 1 heterocycles. The van der Waals surface area contributed by atoms with Crippen LogP contribution in [0.4, 0.5) is 0 Å². The Balaban J connectivity index is 2.43. The number of halogens is 1. The van der Waals surface area contributed by atoms with Crippen LogP contribution in [0, 0.1) is 0 Å². The molecule has 0 fully saturated rings. The molecule has 1 unspecified atom stereocenters. The Bertz CT molecular complexity index is 711. The number of aryl methyl sites for hydroxylation is 1. The van der Waals surface area contributed by atoms with Crippen molar-refractivity contribution < 1.29 is 13.5 Å². The second-order valence-electron chi connectivity index (χ2n) is 4.88. The normalized spacial score (nSPS) is 14.9. The zero-order valence-electron chi connectivity index (χ0n) is 11.6. The van der Waals surface area contributed by atoms with Crippen molar-refractivity contribution in [3.8, 4) is 0 Å². The monoisotopic (exact) mass is 329 g/mol. The molecule has 2 N–H and O–H groups in total. The molecule has 0 saturated heterocycles. The van der Waals surface area contributed by atoms with Crippen LogP contribution in [0.3, 0.4) is 0 Å². The van der Waals surface area contributed by atoms with E-state index in [9.17, 15) is 13.5 Å². The largest absolute Gasteiger partial charge is 0.394 e. The van der Waals surface area contributed by atoms with E-state index in [-0.39, 0.29) is 10.0 Å². The van der Waals surface area contributed by atoms with Crippen molar-refractivity contribution in [1.82, 2.24) is 14.5 Å². The molecule has 2 rings (SSSR count). The van der Waals surface area contributed by atoms with Crippen molar-refractivity contribution in [2.75, 3.05) is 6.61 Å². The average Bonchev–Trinajstić information content (AvgIpc) is 2.79. The van der Waals surface area contributed by atoms with Crippen LogP contribution in [-0.2, 0) is 22.6 Å². The van der Waals surface area contributed by atoms with Gasteiger partial charge in [-0.25, -0.2) is 8.42 Å². The average molecular weight is 330 g/mol. The number of nitrogens with one attached hydrogen (secondary N) is 1. The van der Waals surface area contributed by atoms with Crippen molar-refractivity contribution in [3.05, 3.63) is 47.1 Å². The summed E-state index contributed by atoms with van der Waals surface area (Å²) in [6.07, 6.45) is 1.26. The molecule has 0 aliphatic rings. The van der Waals surface area contributed by atoms with E-state index in [2.05, 4.69) is 9.82 Å². The van der Waals surface area contributed by atoms with Crippen LogP contribution in [-0.4, -0.2) is 29.9 Å². The van der Waals surface area contributed by atoms with E-state index in [1.165, 1.54) is 17.9 Å². The van der Waals surface area contributed by atoms with Gasteiger partial charge in [-0.05, 0) is 12.5 Å². The Hall–Kier alpha value is -1.41. The van der Waals surface area contributed by atoms with Gasteiger partial charge in [0, 0.05) is 7.05 Å². The van der Waals surface area contributed by atoms with Crippen molar-refractivity contribution in [2.24, 2.45) is 7.05 Å². The molecule has 0 aliphatic carbocycles. The van der Waals surface area contributed by atoms with Gasteiger partial charge < -0.3 is 5.11 Å². The van der Waals surface area contributed by atoms with Crippen LogP contribution in [0.2, 0.25) is 5.02 Å². The van der Waals surface area contributed by atoms with E-state index in [1.54, 1.807) is 31.2 Å². The summed E-state index contributed by atoms with van der Waals surface area (Å²) in [4.78, 5) is 0. The van der Waals surface area contributed by atoms with Gasteiger partial charge in [-0.3, -0.25) is 4.68 Å². The Kier molecular flexibility index (Phi) is 4.38. The van der Waals surface area contributed by atoms with Crippen molar-refractivity contribution in [2.45, 2.75) is 17.5 Å². The van der Waals surface area contributed by atoms with Gasteiger partial charge in [0.2, 0.25) is 0 Å². The summed E-state index contributed by atoms with van der Waals surface area (Å²) in [7, 11) is -2.45. The van der Waals surface area contributed by atoms with Crippen LogP contribution in [0.25, 0.3) is 0 Å². The smallest absolute Gasteiger partial charge is 0.260 e. The third-order valence-electron chi connectivity index (χ3n) is 3.18. The van der Waals surface area contributed by atoms with Crippen molar-refractivity contribution in [3.63, 3.8) is 0 Å². The summed E-state index contributed by atoms with van der Waals surface area (Å²) in [5.74, 6) is 0. The predicted molar refractivity (Wildman–Crippen MR) is 79.4 cm³/mol. The first-order valence-electron chi connectivity index (χ1n) is 6.18. The number of aromatic nitrogens is 2. The van der Waals surface area contributed by atoms with Crippen LogP contribution in [0.15, 0.2) is 41.6 Å². The van der Waals surface area contributed by atoms with Crippen molar-refractivity contribution in [1.29, 1.82) is 0 Å². The maximum atomic E-state index is 12.5. The first-order chi connectivity index (χ1) is 9.80. The van der Waals surface area contributed by atoms with Gasteiger partial charge in [0.1, 0.15) is 0 Å². The molecule has 0 amide bonds. The Morgan fingerprint density at radius 3 is 2.48 bits per heavy atom. The van der Waals surface area contributed by atoms with E-state index in [1.807, 2.05) is 6.07 Å². The lowest BCUT2D eigenvalue weighted by Crippen LogP contribution is -2.46. The van der Waals surface area contributed by atoms with Crippen LogP contribution < -0.4 is 4.72 Å². The van der Waals surface area contributed by atoms with Gasteiger partial charge >= 0.3 is 0 Å². The van der Waals surface area contributed by atoms with E-state index >= 15 is 0 Å². The minimum Gasteiger partial charge on any atom is -0.394 e. The molecule has 0 spiro atoms. The second-order valence-corrected chi connectivity index (χ2v) is 6.89. The number of sulfonamides is 1. The number of hydrogen-bond acceptors (Lipinski definition) is 4. The maximum Gasteiger partial charge on any atom is 0.260 e. The molecule has 21 heavy (non-hydrogen) atoms. The molecule has 8 heteroatoms. The molecule has 1 aromatic carbocycles. The summed E-state index contributed by atoms with van der Waals surface area (Å²) in [6.45, 7) is 1.20. The lowest BCUT2D eigenvalue weighted by Gasteiger charge is -2.28. The fourth-order valence-corrected chi connectivity index (χ4v) is 4.08. The second kappa shape index (κ2) is 5.76. The molecule has 1 aromatic heterocycles. The first kappa shape index (κ1) is 16.0. The zero-order valence-corrected chi connectivity index (χ0v) is 13.2. The van der Waals surface area contributed by atoms with E-state index in [4.69, 9.17) is 11.6 Å².